The van der Waals surface area contributed by atoms with E-state index in [1.54, 1.807) is 30.3 Å². The number of carbonyl (C=O) groups excluding carboxylic acids is 2. The average Bonchev–Trinajstić information content (AvgIpc) is 2.62. The molecule has 0 unspecified atom stereocenters. The van der Waals surface area contributed by atoms with Crippen molar-refractivity contribution >= 4 is 35.0 Å². The molecule has 0 heterocycles. The van der Waals surface area contributed by atoms with Gasteiger partial charge >= 0.3 is 5.97 Å². The van der Waals surface area contributed by atoms with Crippen LogP contribution in [0.1, 0.15) is 15.9 Å². The summed E-state index contributed by atoms with van der Waals surface area (Å²) >= 11 is 1.05. The summed E-state index contributed by atoms with van der Waals surface area (Å²) < 4.78 is 5.08. The van der Waals surface area contributed by atoms with Crippen LogP contribution in [0.4, 0.5) is 11.4 Å². The molecule has 0 fully saturated rings. The third kappa shape index (κ3) is 5.26. The van der Waals surface area contributed by atoms with Crippen LogP contribution in [0.2, 0.25) is 0 Å². The van der Waals surface area contributed by atoms with Gasteiger partial charge in [0.15, 0.2) is 6.61 Å². The predicted octanol–water partition coefficient (Wildman–Crippen LogP) is 3.43. The van der Waals surface area contributed by atoms with Gasteiger partial charge in [-0.25, -0.2) is 4.79 Å². The van der Waals surface area contributed by atoms with Crippen molar-refractivity contribution in [3.8, 4) is 5.40 Å². The van der Waals surface area contributed by atoms with Crippen LogP contribution in [0.3, 0.4) is 0 Å². The smallest absolute Gasteiger partial charge is 0.338 e. The molecule has 0 bridgehead atoms. The zero-order valence-electron chi connectivity index (χ0n) is 14.8. The van der Waals surface area contributed by atoms with E-state index >= 15 is 0 Å². The van der Waals surface area contributed by atoms with Crippen LogP contribution in [0.25, 0.3) is 0 Å². The van der Waals surface area contributed by atoms with Crippen LogP contribution in [-0.2, 0) is 9.53 Å². The molecule has 7 heteroatoms. The Morgan fingerprint density at radius 3 is 2.65 bits per heavy atom. The van der Waals surface area contributed by atoms with Gasteiger partial charge in [0.1, 0.15) is 5.40 Å². The molecular formula is C19H19N3O3S. The molecule has 1 amide bonds. The summed E-state index contributed by atoms with van der Waals surface area (Å²) in [5, 5.41) is 13.4. The molecule has 2 aromatic carbocycles. The number of nitrogens with one attached hydrogen (secondary N) is 1. The number of esters is 1. The first-order chi connectivity index (χ1) is 12.4. The third-order valence-electron chi connectivity index (χ3n) is 3.57. The van der Waals surface area contributed by atoms with Gasteiger partial charge in [-0.15, -0.1) is 0 Å². The van der Waals surface area contributed by atoms with Crippen LogP contribution < -0.4 is 10.2 Å². The first-order valence-corrected chi connectivity index (χ1v) is 8.63. The molecule has 2 aromatic rings. The third-order valence-corrected chi connectivity index (χ3v) is 4.15. The van der Waals surface area contributed by atoms with Gasteiger partial charge in [0, 0.05) is 30.4 Å². The summed E-state index contributed by atoms with van der Waals surface area (Å²) in [4.78, 5) is 26.8. The van der Waals surface area contributed by atoms with E-state index in [4.69, 9.17) is 10.00 Å². The lowest BCUT2D eigenvalue weighted by Crippen LogP contribution is -2.21. The molecular weight excluding hydrogens is 350 g/mol. The van der Waals surface area contributed by atoms with Gasteiger partial charge in [-0.2, -0.15) is 5.26 Å². The lowest BCUT2D eigenvalue weighted by molar-refractivity contribution is -0.119. The second-order valence-electron chi connectivity index (χ2n) is 5.74. The number of hydrogen-bond donors (Lipinski definition) is 1. The highest BCUT2D eigenvalue weighted by molar-refractivity contribution is 8.03. The molecule has 0 atom stereocenters. The van der Waals surface area contributed by atoms with Crippen molar-refractivity contribution in [3.05, 3.63) is 53.6 Å². The molecule has 134 valence electrons. The van der Waals surface area contributed by atoms with E-state index in [9.17, 15) is 9.59 Å². The fourth-order valence-corrected chi connectivity index (χ4v) is 2.68. The maximum atomic E-state index is 12.1. The van der Waals surface area contributed by atoms with Crippen LogP contribution in [-0.4, -0.2) is 32.6 Å². The van der Waals surface area contributed by atoms with E-state index in [1.807, 2.05) is 43.5 Å². The number of hydrogen-bond acceptors (Lipinski definition) is 6. The average molecular weight is 369 g/mol. The molecule has 0 spiro atoms. The summed E-state index contributed by atoms with van der Waals surface area (Å²) in [6, 6.07) is 12.3. The quantitative estimate of drug-likeness (QED) is 0.477. The Hall–Kier alpha value is -2.98. The minimum atomic E-state index is -0.554. The van der Waals surface area contributed by atoms with Crippen molar-refractivity contribution in [2.24, 2.45) is 0 Å². The summed E-state index contributed by atoms with van der Waals surface area (Å²) in [7, 11) is 3.75. The van der Waals surface area contributed by atoms with Gasteiger partial charge in [-0.1, -0.05) is 6.07 Å². The Morgan fingerprint density at radius 1 is 1.23 bits per heavy atom. The largest absolute Gasteiger partial charge is 0.452 e. The predicted molar refractivity (Wildman–Crippen MR) is 102 cm³/mol. The molecule has 2 rings (SSSR count). The first kappa shape index (κ1) is 19.3. The number of rotatable bonds is 6. The molecule has 0 saturated heterocycles. The van der Waals surface area contributed by atoms with Crippen molar-refractivity contribution in [2.45, 2.75) is 11.8 Å². The van der Waals surface area contributed by atoms with Crippen LogP contribution >= 0.6 is 11.8 Å². The summed E-state index contributed by atoms with van der Waals surface area (Å²) in [6.07, 6.45) is 0. The number of nitrogens with zero attached hydrogens (tertiary/aromatic N) is 2. The fourth-order valence-electron chi connectivity index (χ4n) is 2.20. The molecule has 6 nitrogen and oxygen atoms in total. The highest BCUT2D eigenvalue weighted by Crippen LogP contribution is 2.23. The minimum absolute atomic E-state index is 0.376. The lowest BCUT2D eigenvalue weighted by Gasteiger charge is -2.13. The Balaban J connectivity index is 1.93. The molecule has 1 N–H and O–H groups in total. The van der Waals surface area contributed by atoms with E-state index in [0.29, 0.717) is 11.3 Å². The Labute approximate surface area is 156 Å². The Kier molecular flexibility index (Phi) is 6.64. The summed E-state index contributed by atoms with van der Waals surface area (Å²) in [5.74, 6) is -0.979. The number of amides is 1. The number of carbonyl (C=O) groups is 2. The summed E-state index contributed by atoms with van der Waals surface area (Å²) in [6.45, 7) is 1.45. The number of aryl methyl sites for hydroxylation is 1. The SMILES string of the molecule is Cc1cc(SC#N)ccc1NC(=O)COC(=O)c1cccc(N(C)C)c1. The second kappa shape index (κ2) is 8.92. The molecule has 0 aliphatic rings. The maximum absolute atomic E-state index is 12.1. The highest BCUT2D eigenvalue weighted by atomic mass is 32.2. The maximum Gasteiger partial charge on any atom is 0.338 e. The van der Waals surface area contributed by atoms with Gasteiger partial charge < -0.3 is 15.0 Å². The van der Waals surface area contributed by atoms with E-state index in [2.05, 4.69) is 5.32 Å². The Morgan fingerprint density at radius 2 is 2.00 bits per heavy atom. The molecule has 26 heavy (non-hydrogen) atoms. The zero-order valence-corrected chi connectivity index (χ0v) is 15.6. The van der Waals surface area contributed by atoms with E-state index in [1.165, 1.54) is 0 Å². The molecule has 0 aromatic heterocycles. The van der Waals surface area contributed by atoms with Crippen molar-refractivity contribution in [1.82, 2.24) is 0 Å². The van der Waals surface area contributed by atoms with Gasteiger partial charge in [-0.3, -0.25) is 4.79 Å². The van der Waals surface area contributed by atoms with Crippen molar-refractivity contribution in [1.29, 1.82) is 5.26 Å². The number of thiocyanates is 1. The summed E-state index contributed by atoms with van der Waals surface area (Å²) in [5.41, 5.74) is 2.69. The topological polar surface area (TPSA) is 82.4 Å². The number of ether oxygens (including phenoxy) is 1. The minimum Gasteiger partial charge on any atom is -0.452 e. The standard InChI is InChI=1S/C19H19N3O3S/c1-13-9-16(26-12-20)7-8-17(13)21-18(23)11-25-19(24)14-5-4-6-15(10-14)22(2)3/h4-10H,11H2,1-3H3,(H,21,23). The molecule has 0 aliphatic heterocycles. The van der Waals surface area contributed by atoms with Crippen molar-refractivity contribution in [2.75, 3.05) is 30.9 Å². The van der Waals surface area contributed by atoms with Crippen LogP contribution in [0.15, 0.2) is 47.4 Å². The van der Waals surface area contributed by atoms with E-state index in [-0.39, 0.29) is 6.61 Å². The van der Waals surface area contributed by atoms with E-state index in [0.717, 1.165) is 27.9 Å². The van der Waals surface area contributed by atoms with Crippen molar-refractivity contribution < 1.29 is 14.3 Å². The number of thioether (sulfide) groups is 1. The molecule has 0 radical (unpaired) electrons. The fraction of sp³-hybridized carbons (Fsp3) is 0.211. The van der Waals surface area contributed by atoms with Crippen molar-refractivity contribution in [3.63, 3.8) is 0 Å². The monoisotopic (exact) mass is 369 g/mol. The van der Waals surface area contributed by atoms with Gasteiger partial charge in [0.05, 0.1) is 5.56 Å². The number of nitriles is 1. The second-order valence-corrected chi connectivity index (χ2v) is 6.60. The normalized spacial score (nSPS) is 9.92. The molecule has 0 aliphatic carbocycles. The first-order valence-electron chi connectivity index (χ1n) is 7.81. The van der Waals surface area contributed by atoms with Gasteiger partial charge in [0.25, 0.3) is 5.91 Å². The Bertz CT molecular complexity index is 859. The highest BCUT2D eigenvalue weighted by Gasteiger charge is 2.12. The number of benzene rings is 2. The van der Waals surface area contributed by atoms with E-state index < -0.39 is 11.9 Å². The molecule has 0 saturated carbocycles. The zero-order chi connectivity index (χ0) is 19.1. The lowest BCUT2D eigenvalue weighted by atomic mass is 10.2. The van der Waals surface area contributed by atoms with Crippen LogP contribution in [0, 0.1) is 17.6 Å². The van der Waals surface area contributed by atoms with Crippen LogP contribution in [0.5, 0.6) is 0 Å². The van der Waals surface area contributed by atoms with Gasteiger partial charge in [0.2, 0.25) is 0 Å². The number of anilines is 2. The van der Waals surface area contributed by atoms with Gasteiger partial charge in [-0.05, 0) is 60.6 Å².